The van der Waals surface area contributed by atoms with E-state index in [1.54, 1.807) is 4.90 Å². The van der Waals surface area contributed by atoms with Gasteiger partial charge in [-0.15, -0.1) is 0 Å². The van der Waals surface area contributed by atoms with Gasteiger partial charge in [-0.05, 0) is 55.2 Å². The van der Waals surface area contributed by atoms with Crippen LogP contribution < -0.4 is 5.69 Å². The zero-order valence-electron chi connectivity index (χ0n) is 22.5. The summed E-state index contributed by atoms with van der Waals surface area (Å²) in [5.41, 5.74) is 4.76. The second kappa shape index (κ2) is 11.0. The van der Waals surface area contributed by atoms with Crippen LogP contribution in [0.2, 0.25) is 0 Å². The second-order valence-electron chi connectivity index (χ2n) is 10.7. The molecule has 8 heteroatoms. The van der Waals surface area contributed by atoms with Gasteiger partial charge in [-0.1, -0.05) is 60.7 Å². The van der Waals surface area contributed by atoms with Gasteiger partial charge in [0.25, 0.3) is 0 Å². The van der Waals surface area contributed by atoms with Crippen LogP contribution in [0, 0.1) is 0 Å². The van der Waals surface area contributed by atoms with E-state index in [1.165, 1.54) is 0 Å². The Labute approximate surface area is 232 Å². The number of amides is 1. The molecule has 40 heavy (non-hydrogen) atoms. The number of rotatable bonds is 7. The lowest BCUT2D eigenvalue weighted by atomic mass is 9.91. The highest BCUT2D eigenvalue weighted by molar-refractivity contribution is 5.81. The third-order valence-corrected chi connectivity index (χ3v) is 8.33. The maximum absolute atomic E-state index is 13.0. The molecular weight excluding hydrogens is 502 g/mol. The third-order valence-electron chi connectivity index (χ3n) is 8.33. The van der Waals surface area contributed by atoms with Gasteiger partial charge in [0.05, 0.1) is 22.6 Å². The number of aromatic nitrogens is 3. The summed E-state index contributed by atoms with van der Waals surface area (Å²) in [6.07, 6.45) is 2.06. The molecule has 2 N–H and O–H groups in total. The van der Waals surface area contributed by atoms with Gasteiger partial charge in [0.2, 0.25) is 0 Å². The first kappa shape index (κ1) is 25.8. The first-order valence-corrected chi connectivity index (χ1v) is 13.8. The van der Waals surface area contributed by atoms with Crippen molar-refractivity contribution in [2.45, 2.75) is 51.0 Å². The number of carboxylic acid groups (broad SMARTS) is 1. The monoisotopic (exact) mass is 535 g/mol. The van der Waals surface area contributed by atoms with Gasteiger partial charge < -0.3 is 15.0 Å². The number of benzene rings is 3. The zero-order valence-corrected chi connectivity index (χ0v) is 22.5. The van der Waals surface area contributed by atoms with Crippen molar-refractivity contribution < 1.29 is 9.90 Å². The molecule has 3 heterocycles. The van der Waals surface area contributed by atoms with Crippen LogP contribution >= 0.6 is 0 Å². The molecule has 3 aromatic carbocycles. The Balaban J connectivity index is 1.36. The van der Waals surface area contributed by atoms with Crippen LogP contribution in [0.1, 0.15) is 36.9 Å². The number of nitrogens with zero attached hydrogens (tertiary/aromatic N) is 4. The summed E-state index contributed by atoms with van der Waals surface area (Å²) in [4.78, 5) is 36.9. The first-order chi connectivity index (χ1) is 19.5. The minimum absolute atomic E-state index is 0.105. The Bertz CT molecular complexity index is 1690. The number of imidazole rings is 1. The zero-order chi connectivity index (χ0) is 27.6. The van der Waals surface area contributed by atoms with Crippen molar-refractivity contribution in [3.63, 3.8) is 0 Å². The number of likely N-dealkylation sites (tertiary alicyclic amines) is 1. The van der Waals surface area contributed by atoms with E-state index in [1.807, 2.05) is 71.4 Å². The molecule has 3 unspecified atom stereocenters. The average Bonchev–Trinajstić information content (AvgIpc) is 3.32. The highest BCUT2D eigenvalue weighted by atomic mass is 16.4. The lowest BCUT2D eigenvalue weighted by Gasteiger charge is -2.44. The number of carbonyl (C=O) groups is 1. The Hall–Kier alpha value is -4.43. The molecule has 0 radical (unpaired) electrons. The van der Waals surface area contributed by atoms with Crippen LogP contribution in [0.15, 0.2) is 95.9 Å². The van der Waals surface area contributed by atoms with Crippen LogP contribution in [0.3, 0.4) is 0 Å². The number of nitrogens with one attached hydrogen (secondary N) is 1. The van der Waals surface area contributed by atoms with E-state index < -0.39 is 6.09 Å². The van der Waals surface area contributed by atoms with E-state index >= 15 is 0 Å². The van der Waals surface area contributed by atoms with Crippen LogP contribution in [-0.2, 0) is 13.1 Å². The number of H-pyrrole nitrogens is 1. The van der Waals surface area contributed by atoms with Gasteiger partial charge in [0.1, 0.15) is 0 Å². The topological polar surface area (TPSA) is 94.5 Å². The molecule has 1 amide bonds. The van der Waals surface area contributed by atoms with Crippen molar-refractivity contribution in [1.29, 1.82) is 0 Å². The predicted octanol–water partition coefficient (Wildman–Crippen LogP) is 5.65. The Morgan fingerprint density at radius 1 is 1.02 bits per heavy atom. The van der Waals surface area contributed by atoms with Crippen LogP contribution in [0.5, 0.6) is 0 Å². The molecule has 2 aromatic heterocycles. The average molecular weight is 536 g/mol. The molecule has 1 saturated heterocycles. The van der Waals surface area contributed by atoms with Gasteiger partial charge >= 0.3 is 11.8 Å². The van der Waals surface area contributed by atoms with E-state index in [2.05, 4.69) is 46.1 Å². The number of pyridine rings is 1. The van der Waals surface area contributed by atoms with Crippen molar-refractivity contribution in [3.8, 4) is 0 Å². The number of para-hydroxylation sites is 3. The standard InChI is InChI=1S/C32H33N5O3/c1-22(30-19-25(16-18-36(30)32(39)40)37-29-14-8-7-13-28(29)34-31(37)38)35(20-23-9-3-2-4-10-23)21-24-15-17-33-27-12-6-5-11-26(24)27/h2-15,17,22,25,30H,16,18-21H2,1H3,(H,34,38)(H,39,40). The molecular formula is C32H33N5O3. The number of hydrogen-bond acceptors (Lipinski definition) is 4. The Kier molecular flexibility index (Phi) is 7.09. The maximum Gasteiger partial charge on any atom is 0.407 e. The fourth-order valence-electron chi connectivity index (χ4n) is 6.26. The minimum Gasteiger partial charge on any atom is -0.465 e. The second-order valence-corrected chi connectivity index (χ2v) is 10.7. The summed E-state index contributed by atoms with van der Waals surface area (Å²) in [7, 11) is 0. The van der Waals surface area contributed by atoms with Gasteiger partial charge in [0, 0.05) is 43.3 Å². The lowest BCUT2D eigenvalue weighted by Crippen LogP contribution is -2.55. The summed E-state index contributed by atoms with van der Waals surface area (Å²) in [5, 5.41) is 11.3. The number of piperidine rings is 1. The molecule has 0 spiro atoms. The lowest BCUT2D eigenvalue weighted by molar-refractivity contribution is 0.0375. The molecule has 5 aromatic rings. The molecule has 0 aliphatic carbocycles. The highest BCUT2D eigenvalue weighted by Crippen LogP contribution is 2.33. The van der Waals surface area contributed by atoms with Crippen molar-refractivity contribution in [2.75, 3.05) is 6.54 Å². The van der Waals surface area contributed by atoms with Crippen molar-refractivity contribution in [3.05, 3.63) is 113 Å². The number of fused-ring (bicyclic) bond motifs is 2. The highest BCUT2D eigenvalue weighted by Gasteiger charge is 2.38. The molecule has 1 fully saturated rings. The van der Waals surface area contributed by atoms with E-state index in [0.717, 1.165) is 33.1 Å². The first-order valence-electron chi connectivity index (χ1n) is 13.8. The van der Waals surface area contributed by atoms with Gasteiger partial charge in [0.15, 0.2) is 0 Å². The molecule has 0 saturated carbocycles. The van der Waals surface area contributed by atoms with E-state index in [4.69, 9.17) is 0 Å². The van der Waals surface area contributed by atoms with Crippen molar-refractivity contribution in [1.82, 2.24) is 24.3 Å². The minimum atomic E-state index is -0.921. The number of aromatic amines is 1. The smallest absolute Gasteiger partial charge is 0.407 e. The normalized spacial score (nSPS) is 18.4. The number of hydrogen-bond donors (Lipinski definition) is 2. The largest absolute Gasteiger partial charge is 0.465 e. The maximum atomic E-state index is 13.0. The molecule has 6 rings (SSSR count). The fourth-order valence-corrected chi connectivity index (χ4v) is 6.26. The van der Waals surface area contributed by atoms with Gasteiger partial charge in [-0.3, -0.25) is 14.5 Å². The van der Waals surface area contributed by atoms with E-state index in [0.29, 0.717) is 32.5 Å². The Morgan fingerprint density at radius 2 is 1.77 bits per heavy atom. The van der Waals surface area contributed by atoms with Gasteiger partial charge in [-0.25, -0.2) is 9.59 Å². The molecule has 1 aliphatic heterocycles. The SMILES string of the molecule is CC(C1CC(n2c(=O)[nH]c3ccccc32)CCN1C(=O)O)N(Cc1ccccc1)Cc1ccnc2ccccc12. The summed E-state index contributed by atoms with van der Waals surface area (Å²) in [6, 6.07) is 27.6. The summed E-state index contributed by atoms with van der Waals surface area (Å²) in [6.45, 7) is 3.80. The summed E-state index contributed by atoms with van der Waals surface area (Å²) < 4.78 is 1.83. The fraction of sp³-hybridized carbons (Fsp3) is 0.281. The van der Waals surface area contributed by atoms with Crippen molar-refractivity contribution in [2.24, 2.45) is 0 Å². The Morgan fingerprint density at radius 3 is 2.60 bits per heavy atom. The van der Waals surface area contributed by atoms with Gasteiger partial charge in [-0.2, -0.15) is 0 Å². The van der Waals surface area contributed by atoms with Crippen LogP contribution in [-0.4, -0.2) is 54.2 Å². The predicted molar refractivity (Wildman–Crippen MR) is 156 cm³/mol. The molecule has 1 aliphatic rings. The van der Waals surface area contributed by atoms with Crippen LogP contribution in [0.4, 0.5) is 4.79 Å². The van der Waals surface area contributed by atoms with Crippen molar-refractivity contribution >= 4 is 28.0 Å². The van der Waals surface area contributed by atoms with Crippen LogP contribution in [0.25, 0.3) is 21.9 Å². The molecule has 0 bridgehead atoms. The summed E-state index contributed by atoms with van der Waals surface area (Å²) >= 11 is 0. The molecule has 8 nitrogen and oxygen atoms in total. The van der Waals surface area contributed by atoms with E-state index in [-0.39, 0.29) is 23.8 Å². The third kappa shape index (κ3) is 4.98. The molecule has 204 valence electrons. The summed E-state index contributed by atoms with van der Waals surface area (Å²) in [5.74, 6) is 0. The van der Waals surface area contributed by atoms with E-state index in [9.17, 15) is 14.7 Å². The molecule has 3 atom stereocenters. The quantitative estimate of drug-likeness (QED) is 0.281.